The van der Waals surface area contributed by atoms with Gasteiger partial charge in [-0.15, -0.1) is 0 Å². The smallest absolute Gasteiger partial charge is 0.263 e. The van der Waals surface area contributed by atoms with Crippen LogP contribution in [0, 0.1) is 13.8 Å². The summed E-state index contributed by atoms with van der Waals surface area (Å²) in [7, 11) is 0. The molecule has 2 atom stereocenters. The number of hydrogen-bond acceptors (Lipinski definition) is 6. The lowest BCUT2D eigenvalue weighted by Crippen LogP contribution is -2.43. The molecule has 4 rings (SSSR count). The van der Waals surface area contributed by atoms with Gasteiger partial charge in [0.1, 0.15) is 6.54 Å². The zero-order valence-electron chi connectivity index (χ0n) is 15.8. The van der Waals surface area contributed by atoms with Crippen LogP contribution in [0.5, 0.6) is 0 Å². The molecule has 2 aliphatic heterocycles. The Labute approximate surface area is 172 Å². The first-order chi connectivity index (χ1) is 13.9. The maximum Gasteiger partial charge on any atom is 0.263 e. The summed E-state index contributed by atoms with van der Waals surface area (Å²) in [6, 6.07) is 10.4. The minimum absolute atomic E-state index is 0.194. The second-order valence-electron chi connectivity index (χ2n) is 7.00. The van der Waals surface area contributed by atoms with Gasteiger partial charge in [-0.1, -0.05) is 41.1 Å². The van der Waals surface area contributed by atoms with Gasteiger partial charge in [-0.25, -0.2) is 4.90 Å². The molecule has 0 radical (unpaired) electrons. The Morgan fingerprint density at radius 1 is 1.10 bits per heavy atom. The van der Waals surface area contributed by atoms with E-state index in [1.165, 1.54) is 5.01 Å². The van der Waals surface area contributed by atoms with Crippen LogP contribution < -0.4 is 10.2 Å². The summed E-state index contributed by atoms with van der Waals surface area (Å²) >= 11 is 6.14. The summed E-state index contributed by atoms with van der Waals surface area (Å²) in [6.45, 7) is 3.52. The first-order valence-electron chi connectivity index (χ1n) is 9.03. The normalized spacial score (nSPS) is 20.4. The van der Waals surface area contributed by atoms with Crippen LogP contribution >= 0.6 is 11.6 Å². The molecule has 0 aromatic heterocycles. The molecule has 0 bridgehead atoms. The number of anilines is 2. The Bertz CT molecular complexity index is 1050. The van der Waals surface area contributed by atoms with E-state index in [0.29, 0.717) is 16.4 Å². The highest BCUT2D eigenvalue weighted by molar-refractivity contribution is 6.32. The van der Waals surface area contributed by atoms with Crippen LogP contribution in [-0.4, -0.2) is 41.4 Å². The molecule has 8 nitrogen and oxygen atoms in total. The number of nitrogens with zero attached hydrogens (tertiary/aromatic N) is 4. The largest absolute Gasteiger partial charge is 0.324 e. The van der Waals surface area contributed by atoms with Gasteiger partial charge in [0.05, 0.1) is 5.69 Å². The van der Waals surface area contributed by atoms with Crippen molar-refractivity contribution in [3.63, 3.8) is 0 Å². The fourth-order valence-electron chi connectivity index (χ4n) is 3.38. The number of hydrogen-bond donors (Lipinski definition) is 1. The van der Waals surface area contributed by atoms with Crippen LogP contribution in [0.1, 0.15) is 11.1 Å². The predicted molar refractivity (Wildman–Crippen MR) is 108 cm³/mol. The van der Waals surface area contributed by atoms with Crippen LogP contribution in [0.25, 0.3) is 0 Å². The number of imide groups is 1. The van der Waals surface area contributed by atoms with Crippen LogP contribution in [0.15, 0.2) is 52.8 Å². The number of para-hydroxylation sites is 1. The van der Waals surface area contributed by atoms with E-state index in [2.05, 4.69) is 15.7 Å². The summed E-state index contributed by atoms with van der Waals surface area (Å²) in [5, 5.41) is 12.3. The number of carbonyl (C=O) groups excluding carboxylic acids is 3. The third-order valence-corrected chi connectivity index (χ3v) is 5.40. The molecule has 0 unspecified atom stereocenters. The maximum absolute atomic E-state index is 13.0. The highest BCUT2D eigenvalue weighted by atomic mass is 35.5. The van der Waals surface area contributed by atoms with Crippen LogP contribution in [0.4, 0.5) is 11.4 Å². The number of benzene rings is 2. The topological polar surface area (TPSA) is 94.4 Å². The van der Waals surface area contributed by atoms with Gasteiger partial charge in [0.2, 0.25) is 5.91 Å². The van der Waals surface area contributed by atoms with E-state index < -0.39 is 23.9 Å². The summed E-state index contributed by atoms with van der Waals surface area (Å²) in [5.41, 5.74) is 2.81. The van der Waals surface area contributed by atoms with Gasteiger partial charge >= 0.3 is 0 Å². The zero-order valence-corrected chi connectivity index (χ0v) is 16.6. The van der Waals surface area contributed by atoms with E-state index in [9.17, 15) is 14.4 Å². The molecule has 3 amide bonds. The lowest BCUT2D eigenvalue weighted by atomic mass is 10.1. The van der Waals surface area contributed by atoms with Gasteiger partial charge in [0, 0.05) is 10.7 Å². The highest BCUT2D eigenvalue weighted by Crippen LogP contribution is 2.33. The Hall–Kier alpha value is -3.26. The molecular weight excluding hydrogens is 394 g/mol. The van der Waals surface area contributed by atoms with E-state index >= 15 is 0 Å². The Kier molecular flexibility index (Phi) is 4.79. The van der Waals surface area contributed by atoms with E-state index in [0.717, 1.165) is 16.0 Å². The van der Waals surface area contributed by atoms with Crippen molar-refractivity contribution < 1.29 is 14.4 Å². The zero-order chi connectivity index (χ0) is 20.7. The second-order valence-corrected chi connectivity index (χ2v) is 7.41. The van der Waals surface area contributed by atoms with Gasteiger partial charge in [-0.05, 0) is 43.2 Å². The molecule has 1 N–H and O–H groups in total. The third kappa shape index (κ3) is 3.36. The Balaban J connectivity index is 1.51. The van der Waals surface area contributed by atoms with Crippen molar-refractivity contribution in [2.45, 2.75) is 25.9 Å². The summed E-state index contributed by atoms with van der Waals surface area (Å²) < 4.78 is 0. The fraction of sp³-hybridized carbons (Fsp3) is 0.250. The monoisotopic (exact) mass is 411 g/mol. The minimum Gasteiger partial charge on any atom is -0.324 e. The first-order valence-corrected chi connectivity index (χ1v) is 9.41. The number of rotatable bonds is 4. The van der Waals surface area contributed by atoms with Crippen molar-refractivity contribution in [1.29, 1.82) is 0 Å². The summed E-state index contributed by atoms with van der Waals surface area (Å²) in [6.07, 6.45) is 0. The lowest BCUT2D eigenvalue weighted by molar-refractivity contribution is -0.123. The van der Waals surface area contributed by atoms with Gasteiger partial charge < -0.3 is 5.32 Å². The van der Waals surface area contributed by atoms with Crippen molar-refractivity contribution in [3.05, 3.63) is 58.6 Å². The molecule has 29 heavy (non-hydrogen) atoms. The second kappa shape index (κ2) is 7.29. The summed E-state index contributed by atoms with van der Waals surface area (Å²) in [5.74, 6) is -1.31. The summed E-state index contributed by atoms with van der Waals surface area (Å²) in [4.78, 5) is 39.2. The number of carbonyl (C=O) groups is 3. The average Bonchev–Trinajstić information content (AvgIpc) is 3.20. The number of nitrogens with one attached hydrogen (secondary N) is 1. The van der Waals surface area contributed by atoms with Gasteiger partial charge in [0.25, 0.3) is 11.8 Å². The molecular formula is C20H18ClN5O3. The lowest BCUT2D eigenvalue weighted by Gasteiger charge is -2.20. The van der Waals surface area contributed by atoms with E-state index in [-0.39, 0.29) is 12.5 Å². The van der Waals surface area contributed by atoms with Crippen molar-refractivity contribution in [1.82, 2.24) is 5.01 Å². The highest BCUT2D eigenvalue weighted by Gasteiger charge is 2.55. The van der Waals surface area contributed by atoms with Crippen LogP contribution in [-0.2, 0) is 14.4 Å². The van der Waals surface area contributed by atoms with Gasteiger partial charge in [0.15, 0.2) is 12.1 Å². The molecule has 148 valence electrons. The van der Waals surface area contributed by atoms with E-state index in [1.54, 1.807) is 24.3 Å². The van der Waals surface area contributed by atoms with Crippen molar-refractivity contribution in [2.75, 3.05) is 16.8 Å². The number of amides is 3. The third-order valence-electron chi connectivity index (χ3n) is 5.00. The molecule has 1 fully saturated rings. The minimum atomic E-state index is -0.964. The molecule has 2 heterocycles. The molecule has 0 saturated carbocycles. The average molecular weight is 412 g/mol. The number of halogens is 1. The number of aryl methyl sites for hydroxylation is 2. The van der Waals surface area contributed by atoms with Crippen molar-refractivity contribution >= 4 is 40.7 Å². The van der Waals surface area contributed by atoms with Gasteiger partial charge in [-0.3, -0.25) is 19.4 Å². The standard InChI is InChI=1S/C20H18ClN5O3/c1-11-7-8-13(9-14(11)21)26-19(28)17-18(20(26)29)25(24-23-17)10-16(27)22-15-6-4-3-5-12(15)2/h3-9,17-18H,10H2,1-2H3,(H,22,27)/t17-,18-/m0/s1. The van der Waals surface area contributed by atoms with Gasteiger partial charge in [-0.2, -0.15) is 5.11 Å². The molecule has 1 saturated heterocycles. The Morgan fingerprint density at radius 3 is 2.59 bits per heavy atom. The first kappa shape index (κ1) is 19.1. The quantitative estimate of drug-likeness (QED) is 0.782. The maximum atomic E-state index is 13.0. The molecule has 0 spiro atoms. The molecule has 9 heteroatoms. The van der Waals surface area contributed by atoms with Crippen molar-refractivity contribution in [3.8, 4) is 0 Å². The van der Waals surface area contributed by atoms with Crippen LogP contribution in [0.3, 0.4) is 0 Å². The fourth-order valence-corrected chi connectivity index (χ4v) is 3.55. The Morgan fingerprint density at radius 2 is 1.86 bits per heavy atom. The van der Waals surface area contributed by atoms with Crippen molar-refractivity contribution in [2.24, 2.45) is 10.3 Å². The molecule has 2 aliphatic rings. The predicted octanol–water partition coefficient (Wildman–Crippen LogP) is 2.89. The molecule has 0 aliphatic carbocycles. The molecule has 2 aromatic rings. The number of fused-ring (bicyclic) bond motifs is 1. The SMILES string of the molecule is Cc1ccc(N2C(=O)[C@H]3N=NN(CC(=O)Nc4ccccc4C)[C@@H]3C2=O)cc1Cl. The van der Waals surface area contributed by atoms with Crippen LogP contribution in [0.2, 0.25) is 5.02 Å². The van der Waals surface area contributed by atoms with E-state index in [4.69, 9.17) is 11.6 Å². The molecule has 2 aromatic carbocycles. The van der Waals surface area contributed by atoms with E-state index in [1.807, 2.05) is 32.0 Å².